The number of fused-ring (bicyclic) bond motifs is 1. The van der Waals surface area contributed by atoms with Gasteiger partial charge in [0, 0.05) is 32.2 Å². The second kappa shape index (κ2) is 16.7. The van der Waals surface area contributed by atoms with E-state index in [0.717, 1.165) is 38.9 Å². The third-order valence-electron chi connectivity index (χ3n) is 9.32. The lowest BCUT2D eigenvalue weighted by Crippen LogP contribution is -2.59. The molecule has 0 saturated carbocycles. The molecule has 3 amide bonds. The molecule has 4 aromatic rings. The van der Waals surface area contributed by atoms with Gasteiger partial charge in [0.15, 0.2) is 5.96 Å². The number of carbonyl (C=O) groups is 4. The summed E-state index contributed by atoms with van der Waals surface area (Å²) in [6, 6.07) is 24.1. The van der Waals surface area contributed by atoms with Crippen molar-refractivity contribution in [3.8, 4) is 5.75 Å². The number of rotatable bonds is 13. The predicted octanol–water partition coefficient (Wildman–Crippen LogP) is 2.69. The van der Waals surface area contributed by atoms with E-state index in [1.54, 1.807) is 48.5 Å². The van der Waals surface area contributed by atoms with Crippen LogP contribution in [0.3, 0.4) is 0 Å². The number of hydrogen-bond acceptors (Lipinski definition) is 6. The zero-order valence-electron chi connectivity index (χ0n) is 29.2. The zero-order chi connectivity index (χ0) is 37.4. The molecule has 1 aliphatic heterocycles. The molecule has 0 saturated heterocycles. The Balaban J connectivity index is 1.45. The van der Waals surface area contributed by atoms with E-state index in [-0.39, 0.29) is 43.9 Å². The summed E-state index contributed by atoms with van der Waals surface area (Å²) in [5.41, 5.74) is 17.1. The number of phenols is 1. The third kappa shape index (κ3) is 9.33. The first-order valence-electron chi connectivity index (χ1n) is 17.1. The molecule has 4 aromatic carbocycles. The van der Waals surface area contributed by atoms with E-state index in [2.05, 4.69) is 15.6 Å². The number of benzene rings is 4. The van der Waals surface area contributed by atoms with E-state index in [0.29, 0.717) is 0 Å². The van der Waals surface area contributed by atoms with Crippen LogP contribution in [0.1, 0.15) is 38.9 Å². The number of nitrogens with zero attached hydrogens (tertiary/aromatic N) is 2. The number of phenolic OH excluding ortho intramolecular Hbond substituents is 1. The van der Waals surface area contributed by atoms with Gasteiger partial charge in [-0.3, -0.25) is 14.4 Å². The Bertz CT molecular complexity index is 1920. The molecule has 8 N–H and O–H groups in total. The number of guanidine groups is 1. The summed E-state index contributed by atoms with van der Waals surface area (Å²) in [5, 5.41) is 25.6. The van der Waals surface area contributed by atoms with Gasteiger partial charge in [0.25, 0.3) is 0 Å². The van der Waals surface area contributed by atoms with Gasteiger partial charge in [-0.15, -0.1) is 0 Å². The summed E-state index contributed by atoms with van der Waals surface area (Å²) < 4.78 is 0. The Morgan fingerprint density at radius 1 is 0.788 bits per heavy atom. The van der Waals surface area contributed by atoms with E-state index in [9.17, 15) is 29.4 Å². The number of amides is 3. The normalized spacial score (nSPS) is 15.3. The number of nitrogens with one attached hydrogen (secondary N) is 2. The van der Waals surface area contributed by atoms with Crippen LogP contribution in [-0.2, 0) is 51.4 Å². The van der Waals surface area contributed by atoms with Gasteiger partial charge in [0.2, 0.25) is 17.7 Å². The van der Waals surface area contributed by atoms with E-state index in [1.165, 1.54) is 4.90 Å². The molecule has 0 aliphatic carbocycles. The molecule has 0 radical (unpaired) electrons. The van der Waals surface area contributed by atoms with Crippen LogP contribution in [0, 0.1) is 13.8 Å². The van der Waals surface area contributed by atoms with Gasteiger partial charge >= 0.3 is 5.97 Å². The Morgan fingerprint density at radius 3 is 1.88 bits per heavy atom. The second-order valence-electron chi connectivity index (χ2n) is 13.1. The summed E-state index contributed by atoms with van der Waals surface area (Å²) in [6.45, 7) is 3.73. The monoisotopic (exact) mass is 704 g/mol. The predicted molar refractivity (Wildman–Crippen MR) is 197 cm³/mol. The number of carboxylic acid groups (broad SMARTS) is 1. The van der Waals surface area contributed by atoms with Crippen molar-refractivity contribution in [1.29, 1.82) is 0 Å². The van der Waals surface area contributed by atoms with Crippen molar-refractivity contribution < 1.29 is 29.4 Å². The number of carboxylic acids is 1. The Kier molecular flexibility index (Phi) is 11.9. The number of aromatic hydroxyl groups is 1. The second-order valence-corrected chi connectivity index (χ2v) is 13.1. The van der Waals surface area contributed by atoms with Crippen LogP contribution in [0.15, 0.2) is 102 Å². The zero-order valence-corrected chi connectivity index (χ0v) is 29.2. The molecule has 0 bridgehead atoms. The van der Waals surface area contributed by atoms with Crippen LogP contribution in [0.5, 0.6) is 5.75 Å². The maximum Gasteiger partial charge on any atom is 0.326 e. The fourth-order valence-electron chi connectivity index (χ4n) is 6.68. The fourth-order valence-corrected chi connectivity index (χ4v) is 6.68. The molecule has 12 heteroatoms. The lowest BCUT2D eigenvalue weighted by atomic mass is 9.91. The number of aliphatic carboxylic acids is 1. The van der Waals surface area contributed by atoms with E-state index in [4.69, 9.17) is 11.5 Å². The molecule has 0 fully saturated rings. The summed E-state index contributed by atoms with van der Waals surface area (Å²) in [6.07, 6.45) is 0.383. The molecule has 270 valence electrons. The summed E-state index contributed by atoms with van der Waals surface area (Å²) in [4.78, 5) is 60.7. The fraction of sp³-hybridized carbons (Fsp3) is 0.275. The average molecular weight is 705 g/mol. The third-order valence-corrected chi connectivity index (χ3v) is 9.32. The van der Waals surface area contributed by atoms with Crippen LogP contribution in [0.2, 0.25) is 0 Å². The molecule has 12 nitrogen and oxygen atoms in total. The number of aryl methyl sites for hydroxylation is 2. The minimum Gasteiger partial charge on any atom is -0.508 e. The smallest absolute Gasteiger partial charge is 0.326 e. The molecular formula is C40H44N6O6. The first-order chi connectivity index (χ1) is 24.9. The SMILES string of the molecule is Cc1cc(O)cc(C)c1C[C@H](N=C(N)N)C(=O)N1Cc2ccccc2C[C@H]1C(=O)N[C@@H](Cc1ccccc1)C(=O)N[C@@H](Cc1ccccc1)C(=O)O. The van der Waals surface area contributed by atoms with Crippen LogP contribution < -0.4 is 22.1 Å². The largest absolute Gasteiger partial charge is 0.508 e. The highest BCUT2D eigenvalue weighted by Crippen LogP contribution is 2.28. The molecule has 0 unspecified atom stereocenters. The van der Waals surface area contributed by atoms with Crippen molar-refractivity contribution in [2.45, 2.75) is 70.2 Å². The number of carbonyl (C=O) groups excluding carboxylic acids is 3. The van der Waals surface area contributed by atoms with Crippen molar-refractivity contribution in [1.82, 2.24) is 15.5 Å². The quantitative estimate of drug-likeness (QED) is 0.0901. The van der Waals surface area contributed by atoms with Crippen LogP contribution in [0.4, 0.5) is 0 Å². The molecule has 0 aromatic heterocycles. The Hall–Kier alpha value is -6.17. The lowest BCUT2D eigenvalue weighted by Gasteiger charge is -2.38. The number of nitrogens with two attached hydrogens (primary N) is 2. The lowest BCUT2D eigenvalue weighted by molar-refractivity contribution is -0.144. The Morgan fingerprint density at radius 2 is 1.33 bits per heavy atom. The van der Waals surface area contributed by atoms with Gasteiger partial charge in [-0.1, -0.05) is 84.9 Å². The van der Waals surface area contributed by atoms with E-state index >= 15 is 0 Å². The molecule has 52 heavy (non-hydrogen) atoms. The highest BCUT2D eigenvalue weighted by atomic mass is 16.4. The standard InChI is InChI=1S/C40H44N6O6/c1-24-17-30(47)18-25(2)31(24)22-33(45-40(41)42)38(50)46-23-29-16-10-9-15-28(29)21-35(46)37(49)43-32(19-26-11-5-3-6-12-26)36(48)44-34(39(51)52)20-27-13-7-4-8-14-27/h3-18,32-35,47H,19-23H2,1-2H3,(H,43,49)(H,44,48)(H,51,52)(H4,41,42,45)/t32-,33-,34-,35-/m0/s1. The van der Waals surface area contributed by atoms with Crippen molar-refractivity contribution in [3.05, 3.63) is 136 Å². The first-order valence-corrected chi connectivity index (χ1v) is 17.1. The van der Waals surface area contributed by atoms with Gasteiger partial charge in [-0.25, -0.2) is 9.79 Å². The van der Waals surface area contributed by atoms with Crippen molar-refractivity contribution in [2.75, 3.05) is 0 Å². The highest BCUT2D eigenvalue weighted by Gasteiger charge is 2.39. The van der Waals surface area contributed by atoms with Gasteiger partial charge in [0.05, 0.1) is 0 Å². The Labute approximate surface area is 302 Å². The summed E-state index contributed by atoms with van der Waals surface area (Å²) in [7, 11) is 0. The first kappa shape index (κ1) is 37.1. The minimum atomic E-state index is -1.25. The number of hydrogen-bond donors (Lipinski definition) is 6. The number of aliphatic imine (C=N–C) groups is 1. The molecule has 4 atom stereocenters. The summed E-state index contributed by atoms with van der Waals surface area (Å²) >= 11 is 0. The highest BCUT2D eigenvalue weighted by molar-refractivity contribution is 5.95. The molecule has 5 rings (SSSR count). The van der Waals surface area contributed by atoms with Gasteiger partial charge < -0.3 is 37.2 Å². The molecular weight excluding hydrogens is 660 g/mol. The van der Waals surface area contributed by atoms with E-state index in [1.807, 2.05) is 62.4 Å². The van der Waals surface area contributed by atoms with Gasteiger partial charge in [-0.05, 0) is 64.9 Å². The maximum atomic E-state index is 14.5. The van der Waals surface area contributed by atoms with Gasteiger partial charge in [-0.2, -0.15) is 0 Å². The van der Waals surface area contributed by atoms with Crippen molar-refractivity contribution in [2.24, 2.45) is 16.5 Å². The molecule has 0 spiro atoms. The van der Waals surface area contributed by atoms with Crippen molar-refractivity contribution >= 4 is 29.7 Å². The van der Waals surface area contributed by atoms with Crippen LogP contribution >= 0.6 is 0 Å². The van der Waals surface area contributed by atoms with Crippen LogP contribution in [-0.4, -0.2) is 68.9 Å². The average Bonchev–Trinajstić information content (AvgIpc) is 3.11. The summed E-state index contributed by atoms with van der Waals surface area (Å²) in [5.74, 6) is -3.17. The van der Waals surface area contributed by atoms with Crippen LogP contribution in [0.25, 0.3) is 0 Å². The maximum absolute atomic E-state index is 14.5. The minimum absolute atomic E-state index is 0.0434. The van der Waals surface area contributed by atoms with Gasteiger partial charge in [0.1, 0.15) is 29.9 Å². The molecule has 1 heterocycles. The topological polar surface area (TPSA) is 200 Å². The van der Waals surface area contributed by atoms with E-state index < -0.39 is 47.9 Å². The van der Waals surface area contributed by atoms with Crippen molar-refractivity contribution in [3.63, 3.8) is 0 Å². The molecule has 1 aliphatic rings.